The third kappa shape index (κ3) is 2.47. The van der Waals surface area contributed by atoms with Crippen molar-refractivity contribution in [1.29, 1.82) is 0 Å². The number of rotatable bonds is 3. The summed E-state index contributed by atoms with van der Waals surface area (Å²) in [6.07, 6.45) is 13.9. The van der Waals surface area contributed by atoms with E-state index in [0.29, 0.717) is 17.8 Å². The molecule has 0 aliphatic heterocycles. The maximum Gasteiger partial charge on any atom is 0.153 e. The number of aryl methyl sites for hydroxylation is 1. The zero-order valence-electron chi connectivity index (χ0n) is 15.9. The van der Waals surface area contributed by atoms with Crippen LogP contribution in [0, 0.1) is 29.6 Å². The van der Waals surface area contributed by atoms with Gasteiger partial charge in [0.1, 0.15) is 5.75 Å². The summed E-state index contributed by atoms with van der Waals surface area (Å²) in [4.78, 5) is 0. The van der Waals surface area contributed by atoms with Gasteiger partial charge in [-0.25, -0.2) is 4.21 Å². The van der Waals surface area contributed by atoms with E-state index in [1.807, 2.05) is 0 Å². The molecule has 5 unspecified atom stereocenters. The quantitative estimate of drug-likeness (QED) is 0.745. The Hall–Kier alpha value is -1.31. The molecule has 0 aromatic heterocycles. The fourth-order valence-electron chi connectivity index (χ4n) is 6.28. The number of benzene rings is 1. The highest BCUT2D eigenvalue weighted by molar-refractivity contribution is 7.79. The van der Waals surface area contributed by atoms with E-state index in [1.165, 1.54) is 17.5 Å². The molecule has 0 N–H and O–H groups in total. The van der Waals surface area contributed by atoms with Gasteiger partial charge in [-0.15, -0.1) is 6.42 Å². The molecule has 2 saturated carbocycles. The molecule has 0 radical (unpaired) electrons. The molecule has 26 heavy (non-hydrogen) atoms. The van der Waals surface area contributed by atoms with E-state index < -0.39 is 16.7 Å². The lowest BCUT2D eigenvalue weighted by molar-refractivity contribution is -0.0428. The molecule has 0 spiro atoms. The third-order valence-electron chi connectivity index (χ3n) is 7.55. The first kappa shape index (κ1) is 18.1. The molecule has 3 aliphatic carbocycles. The number of hydrogen-bond acceptors (Lipinski definition) is 3. The van der Waals surface area contributed by atoms with Gasteiger partial charge in [-0.3, -0.25) is 4.18 Å². The molecule has 1 aromatic carbocycles. The lowest BCUT2D eigenvalue weighted by Crippen LogP contribution is -2.51. The number of terminal acetylenes is 1. The minimum atomic E-state index is -1.34. The van der Waals surface area contributed by atoms with Crippen molar-refractivity contribution in [3.05, 3.63) is 29.3 Å². The van der Waals surface area contributed by atoms with Crippen molar-refractivity contribution in [2.24, 2.45) is 17.3 Å². The van der Waals surface area contributed by atoms with Crippen LogP contribution in [0.5, 0.6) is 5.75 Å². The largest absolute Gasteiger partial charge is 0.497 e. The van der Waals surface area contributed by atoms with Gasteiger partial charge in [-0.05, 0) is 79.5 Å². The fraction of sp³-hybridized carbons (Fsp3) is 0.636. The van der Waals surface area contributed by atoms with Crippen LogP contribution >= 0.6 is 0 Å². The van der Waals surface area contributed by atoms with Crippen molar-refractivity contribution in [3.8, 4) is 18.1 Å². The maximum absolute atomic E-state index is 11.9. The van der Waals surface area contributed by atoms with Crippen molar-refractivity contribution in [3.63, 3.8) is 0 Å². The molecule has 0 bridgehead atoms. The molecule has 2 fully saturated rings. The van der Waals surface area contributed by atoms with Gasteiger partial charge < -0.3 is 4.74 Å². The molecule has 0 amide bonds. The highest BCUT2D eigenvalue weighted by Gasteiger charge is 2.63. The van der Waals surface area contributed by atoms with E-state index in [0.717, 1.165) is 37.9 Å². The van der Waals surface area contributed by atoms with Crippen LogP contribution in [-0.4, -0.2) is 23.2 Å². The lowest BCUT2D eigenvalue weighted by atomic mass is 9.53. The molecule has 1 aromatic rings. The van der Waals surface area contributed by atoms with Crippen molar-refractivity contribution >= 4 is 11.1 Å². The standard InChI is InChI=1S/C22H28O3S/c1-5-22(25-26(4)23)13-11-20-19-8-6-15-14-16(24-3)7-9-17(15)18(19)10-12-21(20,22)2/h1,7,9,14,18-20H,6,8,10-13H2,2-4H3/t18?,19?,20?,21?,22-,26?/m1/s1. The molecule has 4 rings (SSSR count). The summed E-state index contributed by atoms with van der Waals surface area (Å²) >= 11 is -1.34. The van der Waals surface area contributed by atoms with E-state index in [-0.39, 0.29) is 5.41 Å². The Morgan fingerprint density at radius 1 is 1.27 bits per heavy atom. The Balaban J connectivity index is 1.68. The molecule has 0 saturated heterocycles. The van der Waals surface area contributed by atoms with Gasteiger partial charge in [-0.2, -0.15) is 0 Å². The first-order chi connectivity index (χ1) is 12.4. The summed E-state index contributed by atoms with van der Waals surface area (Å²) < 4.78 is 23.2. The molecular formula is C22H28O3S. The van der Waals surface area contributed by atoms with E-state index in [9.17, 15) is 4.21 Å². The van der Waals surface area contributed by atoms with E-state index >= 15 is 0 Å². The molecule has 4 heteroatoms. The van der Waals surface area contributed by atoms with Crippen LogP contribution in [0.3, 0.4) is 0 Å². The smallest absolute Gasteiger partial charge is 0.153 e. The normalized spacial score (nSPS) is 39.2. The van der Waals surface area contributed by atoms with Crippen LogP contribution in [0.1, 0.15) is 56.1 Å². The van der Waals surface area contributed by atoms with Gasteiger partial charge in [0, 0.05) is 11.7 Å². The number of methoxy groups -OCH3 is 1. The Bertz CT molecular complexity index is 782. The summed E-state index contributed by atoms with van der Waals surface area (Å²) in [5, 5.41) is 0. The zero-order valence-corrected chi connectivity index (χ0v) is 16.7. The minimum absolute atomic E-state index is 0.0848. The first-order valence-corrected chi connectivity index (χ1v) is 11.1. The molecule has 3 aliphatic rings. The van der Waals surface area contributed by atoms with E-state index in [2.05, 4.69) is 31.0 Å². The highest BCUT2D eigenvalue weighted by Crippen LogP contribution is 2.65. The van der Waals surface area contributed by atoms with Crippen molar-refractivity contribution in [2.75, 3.05) is 13.4 Å². The summed E-state index contributed by atoms with van der Waals surface area (Å²) in [6.45, 7) is 2.29. The van der Waals surface area contributed by atoms with Gasteiger partial charge in [0.2, 0.25) is 0 Å². The summed E-state index contributed by atoms with van der Waals surface area (Å²) in [7, 11) is 1.73. The van der Waals surface area contributed by atoms with Crippen molar-refractivity contribution in [2.45, 2.75) is 57.0 Å². The summed E-state index contributed by atoms with van der Waals surface area (Å²) in [6, 6.07) is 6.58. The van der Waals surface area contributed by atoms with Gasteiger partial charge >= 0.3 is 0 Å². The Morgan fingerprint density at radius 3 is 2.77 bits per heavy atom. The van der Waals surface area contributed by atoms with E-state index in [1.54, 1.807) is 13.4 Å². The number of hydrogen-bond donors (Lipinski definition) is 0. The first-order valence-electron chi connectivity index (χ1n) is 9.61. The maximum atomic E-state index is 11.9. The van der Waals surface area contributed by atoms with Crippen LogP contribution in [0.2, 0.25) is 0 Å². The number of fused-ring (bicyclic) bond motifs is 5. The second-order valence-electron chi connectivity index (χ2n) is 8.43. The topological polar surface area (TPSA) is 35.5 Å². The molecule has 0 heterocycles. The number of ether oxygens (including phenoxy) is 1. The van der Waals surface area contributed by atoms with E-state index in [4.69, 9.17) is 15.3 Å². The monoisotopic (exact) mass is 372 g/mol. The Labute approximate surface area is 159 Å². The van der Waals surface area contributed by atoms with Gasteiger partial charge in [0.05, 0.1) is 7.11 Å². The third-order valence-corrected chi connectivity index (χ3v) is 8.07. The van der Waals surface area contributed by atoms with Crippen molar-refractivity contribution in [1.82, 2.24) is 0 Å². The van der Waals surface area contributed by atoms with Gasteiger partial charge in [0.15, 0.2) is 16.7 Å². The molecular weight excluding hydrogens is 344 g/mol. The summed E-state index contributed by atoms with van der Waals surface area (Å²) in [5.74, 6) is 5.68. The lowest BCUT2D eigenvalue weighted by Gasteiger charge is -2.52. The van der Waals surface area contributed by atoms with Crippen LogP contribution in [0.4, 0.5) is 0 Å². The predicted octanol–water partition coefficient (Wildman–Crippen LogP) is 4.23. The average Bonchev–Trinajstić information content (AvgIpc) is 2.93. The SMILES string of the molecule is C#C[C@@]1(OS(C)=O)CCC2C3CCc4cc(OC)ccc4C3CCC21C. The molecule has 6 atom stereocenters. The minimum Gasteiger partial charge on any atom is -0.497 e. The second kappa shape index (κ2) is 6.39. The predicted molar refractivity (Wildman–Crippen MR) is 104 cm³/mol. The zero-order chi connectivity index (χ0) is 18.5. The summed E-state index contributed by atoms with van der Waals surface area (Å²) in [5.41, 5.74) is 2.18. The van der Waals surface area contributed by atoms with Gasteiger partial charge in [0.25, 0.3) is 0 Å². The molecule has 140 valence electrons. The second-order valence-corrected chi connectivity index (χ2v) is 9.40. The van der Waals surface area contributed by atoms with Crippen molar-refractivity contribution < 1.29 is 13.1 Å². The highest BCUT2D eigenvalue weighted by atomic mass is 32.2. The fourth-order valence-corrected chi connectivity index (χ4v) is 7.00. The van der Waals surface area contributed by atoms with Crippen LogP contribution < -0.4 is 4.74 Å². The van der Waals surface area contributed by atoms with Crippen LogP contribution in [0.15, 0.2) is 18.2 Å². The Morgan fingerprint density at radius 2 is 2.08 bits per heavy atom. The molecule has 3 nitrogen and oxygen atoms in total. The van der Waals surface area contributed by atoms with Crippen LogP contribution in [0.25, 0.3) is 0 Å². The van der Waals surface area contributed by atoms with Crippen LogP contribution in [-0.2, 0) is 21.7 Å². The van der Waals surface area contributed by atoms with Gasteiger partial charge in [-0.1, -0.05) is 18.9 Å². The Kier molecular flexibility index (Phi) is 4.44. The average molecular weight is 373 g/mol.